The molecule has 0 bridgehead atoms. The molecule has 2 heterocycles. The zero-order chi connectivity index (χ0) is 22.8. The van der Waals surface area contributed by atoms with Crippen molar-refractivity contribution in [2.24, 2.45) is 29.6 Å². The molecule has 4 aliphatic carbocycles. The minimum absolute atomic E-state index is 0.0925. The first-order valence-corrected chi connectivity index (χ1v) is 12.6. The number of anilines is 1. The van der Waals surface area contributed by atoms with E-state index in [4.69, 9.17) is 4.74 Å². The van der Waals surface area contributed by atoms with Crippen molar-refractivity contribution in [3.63, 3.8) is 0 Å². The first-order valence-electron chi connectivity index (χ1n) is 12.6. The van der Waals surface area contributed by atoms with E-state index in [-0.39, 0.29) is 23.7 Å². The lowest BCUT2D eigenvalue weighted by atomic mass is 9.91. The SMILES string of the molecule is O=C(Nc1ccc(C2CC2)nc1)C(C1CC1)[C@H]1[C@@H]2C[C@@H](Oc3ccnc4ccc(F)cc34)C[C@@H]21. The van der Waals surface area contributed by atoms with Gasteiger partial charge >= 0.3 is 0 Å². The molecule has 1 aromatic carbocycles. The van der Waals surface area contributed by atoms with Crippen molar-refractivity contribution in [1.29, 1.82) is 0 Å². The van der Waals surface area contributed by atoms with Crippen LogP contribution in [0.1, 0.15) is 50.1 Å². The minimum atomic E-state index is -0.282. The second-order valence-electron chi connectivity index (χ2n) is 10.7. The lowest BCUT2D eigenvalue weighted by Gasteiger charge is -2.22. The number of ether oxygens (including phenoxy) is 1. The number of aromatic nitrogens is 2. The second kappa shape index (κ2) is 7.76. The average molecular weight is 458 g/mol. The third-order valence-electron chi connectivity index (χ3n) is 8.32. The highest BCUT2D eigenvalue weighted by Gasteiger charge is 2.63. The topological polar surface area (TPSA) is 64.1 Å². The average Bonchev–Trinajstić information content (AvgIpc) is 3.74. The van der Waals surface area contributed by atoms with Gasteiger partial charge in [-0.05, 0) is 98.6 Å². The summed E-state index contributed by atoms with van der Waals surface area (Å²) < 4.78 is 20.1. The van der Waals surface area contributed by atoms with Crippen LogP contribution in [0.5, 0.6) is 5.75 Å². The number of halogens is 1. The molecular weight excluding hydrogens is 429 g/mol. The molecule has 3 aromatic rings. The number of pyridine rings is 2. The van der Waals surface area contributed by atoms with Crippen LogP contribution in [0.4, 0.5) is 10.1 Å². The van der Waals surface area contributed by atoms with Crippen molar-refractivity contribution in [2.75, 3.05) is 5.32 Å². The van der Waals surface area contributed by atoms with E-state index in [2.05, 4.69) is 21.4 Å². The number of benzene rings is 1. The summed E-state index contributed by atoms with van der Waals surface area (Å²) in [4.78, 5) is 22.1. The Morgan fingerprint density at radius 2 is 1.85 bits per heavy atom. The number of carbonyl (C=O) groups excluding carboxylic acids is 1. The molecule has 0 aliphatic heterocycles. The quantitative estimate of drug-likeness (QED) is 0.493. The first-order chi connectivity index (χ1) is 16.6. The van der Waals surface area contributed by atoms with Crippen molar-refractivity contribution in [1.82, 2.24) is 9.97 Å². The summed E-state index contributed by atoms with van der Waals surface area (Å²) in [6.07, 6.45) is 10.3. The maximum atomic E-state index is 13.8. The summed E-state index contributed by atoms with van der Waals surface area (Å²) in [7, 11) is 0. The smallest absolute Gasteiger partial charge is 0.228 e. The van der Waals surface area contributed by atoms with Crippen molar-refractivity contribution in [3.8, 4) is 5.75 Å². The van der Waals surface area contributed by atoms with E-state index in [1.165, 1.54) is 25.0 Å². The molecule has 6 heteroatoms. The molecule has 0 radical (unpaired) electrons. The standard InChI is InChI=1S/C28H28FN3O2/c29-17-5-7-24-22(11-17)25(9-10-30-24)34-19-12-20-21(13-19)27(20)26(16-3-4-16)28(33)32-18-6-8-23(31-14-18)15-1-2-15/h5-11,14-16,19-21,26-27H,1-4,12-13H2,(H,32,33)/t19-,20-,21+,26?,27+. The number of hydrogen-bond donors (Lipinski definition) is 1. The predicted octanol–water partition coefficient (Wildman–Crippen LogP) is 5.71. The van der Waals surface area contributed by atoms with Crippen LogP contribution in [0, 0.1) is 35.4 Å². The van der Waals surface area contributed by atoms with E-state index in [0.717, 1.165) is 48.0 Å². The Hall–Kier alpha value is -3.02. The first kappa shape index (κ1) is 20.4. The number of fused-ring (bicyclic) bond motifs is 2. The summed E-state index contributed by atoms with van der Waals surface area (Å²) in [5.41, 5.74) is 2.69. The Bertz CT molecular complexity index is 1240. The lowest BCUT2D eigenvalue weighted by Crippen LogP contribution is -2.29. The van der Waals surface area contributed by atoms with Crippen molar-refractivity contribution in [2.45, 2.75) is 50.5 Å². The Balaban J connectivity index is 1.01. The molecule has 7 rings (SSSR count). The Labute approximate surface area is 198 Å². The van der Waals surface area contributed by atoms with Crippen molar-refractivity contribution >= 4 is 22.5 Å². The van der Waals surface area contributed by atoms with Crippen LogP contribution in [0.3, 0.4) is 0 Å². The van der Waals surface area contributed by atoms with Gasteiger partial charge in [-0.1, -0.05) is 0 Å². The molecule has 1 unspecified atom stereocenters. The molecule has 1 N–H and O–H groups in total. The Morgan fingerprint density at radius 3 is 2.56 bits per heavy atom. The highest BCUT2D eigenvalue weighted by molar-refractivity contribution is 5.93. The third kappa shape index (κ3) is 3.73. The molecule has 5 atom stereocenters. The fourth-order valence-electron chi connectivity index (χ4n) is 6.33. The number of rotatable bonds is 7. The number of amides is 1. The second-order valence-corrected chi connectivity index (χ2v) is 10.7. The number of nitrogens with zero attached hydrogens (tertiary/aromatic N) is 2. The van der Waals surface area contributed by atoms with Gasteiger partial charge in [0.1, 0.15) is 11.6 Å². The molecule has 4 aliphatic rings. The molecule has 0 spiro atoms. The largest absolute Gasteiger partial charge is 0.490 e. The van der Waals surface area contributed by atoms with Crippen LogP contribution >= 0.6 is 0 Å². The molecule has 5 nitrogen and oxygen atoms in total. The zero-order valence-electron chi connectivity index (χ0n) is 19.0. The summed E-state index contributed by atoms with van der Waals surface area (Å²) in [5, 5.41) is 3.88. The third-order valence-corrected chi connectivity index (χ3v) is 8.32. The molecule has 4 fully saturated rings. The highest BCUT2D eigenvalue weighted by atomic mass is 19.1. The predicted molar refractivity (Wildman–Crippen MR) is 127 cm³/mol. The van der Waals surface area contributed by atoms with E-state index in [0.29, 0.717) is 35.3 Å². The fraction of sp³-hybridized carbons (Fsp3) is 0.464. The normalized spacial score (nSPS) is 28.4. The number of carbonyl (C=O) groups is 1. The highest BCUT2D eigenvalue weighted by Crippen LogP contribution is 2.64. The summed E-state index contributed by atoms with van der Waals surface area (Å²) in [6.45, 7) is 0. The van der Waals surface area contributed by atoms with Gasteiger partial charge in [-0.2, -0.15) is 0 Å². The van der Waals surface area contributed by atoms with Gasteiger partial charge in [-0.25, -0.2) is 4.39 Å². The van der Waals surface area contributed by atoms with E-state index < -0.39 is 0 Å². The van der Waals surface area contributed by atoms with Crippen LogP contribution in [0.25, 0.3) is 10.9 Å². The van der Waals surface area contributed by atoms with Gasteiger partial charge in [0.15, 0.2) is 0 Å². The van der Waals surface area contributed by atoms with E-state index >= 15 is 0 Å². The van der Waals surface area contributed by atoms with Gasteiger partial charge in [0, 0.05) is 29.1 Å². The number of hydrogen-bond acceptors (Lipinski definition) is 4. The van der Waals surface area contributed by atoms with E-state index in [1.54, 1.807) is 12.3 Å². The lowest BCUT2D eigenvalue weighted by molar-refractivity contribution is -0.121. The molecular formula is C28H28FN3O2. The Morgan fingerprint density at radius 1 is 1.03 bits per heavy atom. The van der Waals surface area contributed by atoms with Gasteiger partial charge in [-0.15, -0.1) is 0 Å². The molecule has 174 valence electrons. The molecule has 2 aromatic heterocycles. The maximum absolute atomic E-state index is 13.8. The van der Waals surface area contributed by atoms with Gasteiger partial charge < -0.3 is 10.1 Å². The van der Waals surface area contributed by atoms with Gasteiger partial charge in [0.05, 0.1) is 23.5 Å². The Kier molecular flexibility index (Phi) is 4.64. The molecule has 34 heavy (non-hydrogen) atoms. The van der Waals surface area contributed by atoms with Gasteiger partial charge in [0.25, 0.3) is 0 Å². The van der Waals surface area contributed by atoms with Crippen LogP contribution in [0.2, 0.25) is 0 Å². The summed E-state index contributed by atoms with van der Waals surface area (Å²) in [6, 6.07) is 10.5. The minimum Gasteiger partial charge on any atom is -0.490 e. The van der Waals surface area contributed by atoms with Crippen LogP contribution in [-0.4, -0.2) is 22.0 Å². The molecule has 0 saturated heterocycles. The molecule has 4 saturated carbocycles. The maximum Gasteiger partial charge on any atom is 0.228 e. The summed E-state index contributed by atoms with van der Waals surface area (Å²) >= 11 is 0. The van der Waals surface area contributed by atoms with Crippen molar-refractivity contribution in [3.05, 3.63) is 60.3 Å². The monoisotopic (exact) mass is 457 g/mol. The van der Waals surface area contributed by atoms with E-state index in [1.807, 2.05) is 18.3 Å². The zero-order valence-corrected chi connectivity index (χ0v) is 19.0. The fourth-order valence-corrected chi connectivity index (χ4v) is 6.33. The van der Waals surface area contributed by atoms with Crippen LogP contribution in [0.15, 0.2) is 48.8 Å². The number of nitrogens with one attached hydrogen (secondary N) is 1. The summed E-state index contributed by atoms with van der Waals surface area (Å²) in [5.74, 6) is 3.35. The van der Waals surface area contributed by atoms with Gasteiger partial charge in [0.2, 0.25) is 5.91 Å². The molecule has 1 amide bonds. The van der Waals surface area contributed by atoms with Crippen molar-refractivity contribution < 1.29 is 13.9 Å². The van der Waals surface area contributed by atoms with Crippen LogP contribution in [-0.2, 0) is 4.79 Å². The van der Waals surface area contributed by atoms with Crippen LogP contribution < -0.4 is 10.1 Å². The van der Waals surface area contributed by atoms with Gasteiger partial charge in [-0.3, -0.25) is 14.8 Å². The van der Waals surface area contributed by atoms with E-state index in [9.17, 15) is 9.18 Å².